The van der Waals surface area contributed by atoms with E-state index in [-0.39, 0.29) is 16.8 Å². The van der Waals surface area contributed by atoms with Crippen LogP contribution in [0.3, 0.4) is 0 Å². The molecule has 16 heavy (non-hydrogen) atoms. The molecule has 1 unspecified atom stereocenters. The van der Waals surface area contributed by atoms with Gasteiger partial charge in [0.1, 0.15) is 10.8 Å². The van der Waals surface area contributed by atoms with E-state index in [0.717, 1.165) is 12.8 Å². The molecule has 0 heterocycles. The predicted octanol–water partition coefficient (Wildman–Crippen LogP) is 3.06. The Morgan fingerprint density at radius 1 is 1.56 bits per heavy atom. The molecule has 0 radical (unpaired) electrons. The molecule has 0 aliphatic rings. The Morgan fingerprint density at radius 2 is 2.25 bits per heavy atom. The van der Waals surface area contributed by atoms with Gasteiger partial charge in [0, 0.05) is 11.6 Å². The first-order valence-electron chi connectivity index (χ1n) is 5.40. The number of halogens is 1. The molecule has 0 aliphatic heterocycles. The van der Waals surface area contributed by atoms with E-state index in [1.54, 1.807) is 12.1 Å². The van der Waals surface area contributed by atoms with E-state index < -0.39 is 0 Å². The summed E-state index contributed by atoms with van der Waals surface area (Å²) in [6, 6.07) is 5.03. The first kappa shape index (κ1) is 12.9. The highest BCUT2D eigenvalue weighted by Crippen LogP contribution is 2.17. The molecule has 0 amide bonds. The standard InChI is InChI=1S/C12H17FN2S/c1-3-4-8(2)15-11-6-5-9(12(14)16)7-10(11)13/h5-8,15H,3-4H2,1-2H3,(H2,14,16). The lowest BCUT2D eigenvalue weighted by atomic mass is 10.1. The van der Waals surface area contributed by atoms with Gasteiger partial charge in [-0.3, -0.25) is 0 Å². The monoisotopic (exact) mass is 240 g/mol. The molecule has 0 saturated heterocycles. The molecule has 1 aromatic carbocycles. The lowest BCUT2D eigenvalue weighted by molar-refractivity contribution is 0.620. The van der Waals surface area contributed by atoms with Crippen molar-refractivity contribution in [2.24, 2.45) is 5.73 Å². The van der Waals surface area contributed by atoms with Gasteiger partial charge in [0.15, 0.2) is 0 Å². The lowest BCUT2D eigenvalue weighted by Crippen LogP contribution is -2.16. The van der Waals surface area contributed by atoms with Crippen LogP contribution in [0.15, 0.2) is 18.2 Å². The van der Waals surface area contributed by atoms with Gasteiger partial charge in [-0.15, -0.1) is 0 Å². The van der Waals surface area contributed by atoms with Crippen molar-refractivity contribution >= 4 is 22.9 Å². The van der Waals surface area contributed by atoms with Crippen molar-refractivity contribution in [1.82, 2.24) is 0 Å². The lowest BCUT2D eigenvalue weighted by Gasteiger charge is -2.15. The largest absolute Gasteiger partial charge is 0.389 e. The number of hydrogen-bond donors (Lipinski definition) is 2. The minimum Gasteiger partial charge on any atom is -0.389 e. The van der Waals surface area contributed by atoms with E-state index in [9.17, 15) is 4.39 Å². The third-order valence-corrected chi connectivity index (χ3v) is 2.61. The van der Waals surface area contributed by atoms with Crippen molar-refractivity contribution in [3.05, 3.63) is 29.6 Å². The molecule has 1 rings (SSSR count). The summed E-state index contributed by atoms with van der Waals surface area (Å²) < 4.78 is 13.6. The molecular formula is C12H17FN2S. The number of nitrogens with two attached hydrogens (primary N) is 1. The summed E-state index contributed by atoms with van der Waals surface area (Å²) in [6.45, 7) is 4.13. The first-order valence-corrected chi connectivity index (χ1v) is 5.81. The molecule has 0 saturated carbocycles. The van der Waals surface area contributed by atoms with Crippen molar-refractivity contribution in [3.63, 3.8) is 0 Å². The quantitative estimate of drug-likeness (QED) is 0.777. The Kier molecular flexibility index (Phi) is 4.68. The smallest absolute Gasteiger partial charge is 0.146 e. The third-order valence-electron chi connectivity index (χ3n) is 2.38. The van der Waals surface area contributed by atoms with Crippen LogP contribution < -0.4 is 11.1 Å². The van der Waals surface area contributed by atoms with Crippen LogP contribution >= 0.6 is 12.2 Å². The zero-order chi connectivity index (χ0) is 12.1. The molecule has 0 aromatic heterocycles. The summed E-state index contributed by atoms with van der Waals surface area (Å²) in [5.41, 5.74) is 6.48. The predicted molar refractivity (Wildman–Crippen MR) is 70.3 cm³/mol. The average molecular weight is 240 g/mol. The molecule has 0 aliphatic carbocycles. The topological polar surface area (TPSA) is 38.0 Å². The van der Waals surface area contributed by atoms with Crippen molar-refractivity contribution < 1.29 is 4.39 Å². The van der Waals surface area contributed by atoms with E-state index in [4.69, 9.17) is 18.0 Å². The van der Waals surface area contributed by atoms with Gasteiger partial charge in [0.25, 0.3) is 0 Å². The van der Waals surface area contributed by atoms with E-state index in [1.807, 2.05) is 6.92 Å². The highest BCUT2D eigenvalue weighted by molar-refractivity contribution is 7.80. The van der Waals surface area contributed by atoms with Crippen LogP contribution in [-0.2, 0) is 0 Å². The van der Waals surface area contributed by atoms with Gasteiger partial charge in [-0.2, -0.15) is 0 Å². The Bertz CT molecular complexity index is 379. The van der Waals surface area contributed by atoms with Crippen molar-refractivity contribution in [2.75, 3.05) is 5.32 Å². The van der Waals surface area contributed by atoms with Gasteiger partial charge in [-0.25, -0.2) is 4.39 Å². The number of hydrogen-bond acceptors (Lipinski definition) is 2. The van der Waals surface area contributed by atoms with Gasteiger partial charge in [0.2, 0.25) is 0 Å². The molecule has 1 aromatic rings. The second-order valence-electron chi connectivity index (χ2n) is 3.89. The second-order valence-corrected chi connectivity index (χ2v) is 4.33. The zero-order valence-electron chi connectivity index (χ0n) is 9.59. The maximum atomic E-state index is 13.6. The molecule has 88 valence electrons. The van der Waals surface area contributed by atoms with Gasteiger partial charge >= 0.3 is 0 Å². The van der Waals surface area contributed by atoms with Crippen molar-refractivity contribution in [1.29, 1.82) is 0 Å². The van der Waals surface area contributed by atoms with Crippen LogP contribution in [0.1, 0.15) is 32.3 Å². The fraction of sp³-hybridized carbons (Fsp3) is 0.417. The minimum atomic E-state index is -0.312. The summed E-state index contributed by atoms with van der Waals surface area (Å²) in [5.74, 6) is -0.312. The number of anilines is 1. The van der Waals surface area contributed by atoms with Crippen LogP contribution in [0.5, 0.6) is 0 Å². The Labute approximate surface area is 101 Å². The van der Waals surface area contributed by atoms with Crippen LogP contribution in [-0.4, -0.2) is 11.0 Å². The fourth-order valence-electron chi connectivity index (χ4n) is 1.56. The molecule has 4 heteroatoms. The van der Waals surface area contributed by atoms with Crippen molar-refractivity contribution in [3.8, 4) is 0 Å². The summed E-state index contributed by atoms with van der Waals surface area (Å²) in [7, 11) is 0. The fourth-order valence-corrected chi connectivity index (χ4v) is 1.68. The molecule has 3 N–H and O–H groups in total. The molecule has 1 atom stereocenters. The number of thiocarbonyl (C=S) groups is 1. The summed E-state index contributed by atoms with van der Waals surface area (Å²) in [4.78, 5) is 0.215. The molecular weight excluding hydrogens is 223 g/mol. The number of rotatable bonds is 5. The SMILES string of the molecule is CCCC(C)Nc1ccc(C(N)=S)cc1F. The van der Waals surface area contributed by atoms with E-state index in [2.05, 4.69) is 12.2 Å². The second kappa shape index (κ2) is 5.80. The van der Waals surface area contributed by atoms with Gasteiger partial charge in [0.05, 0.1) is 5.69 Å². The van der Waals surface area contributed by atoms with Gasteiger partial charge in [-0.05, 0) is 31.5 Å². The van der Waals surface area contributed by atoms with Crippen LogP contribution in [0, 0.1) is 5.82 Å². The highest BCUT2D eigenvalue weighted by Gasteiger charge is 2.07. The number of nitrogens with one attached hydrogen (secondary N) is 1. The van der Waals surface area contributed by atoms with E-state index >= 15 is 0 Å². The van der Waals surface area contributed by atoms with Crippen molar-refractivity contribution in [2.45, 2.75) is 32.7 Å². The maximum absolute atomic E-state index is 13.6. The summed E-state index contributed by atoms with van der Waals surface area (Å²) in [5, 5.41) is 3.12. The zero-order valence-corrected chi connectivity index (χ0v) is 10.4. The minimum absolute atomic E-state index is 0.215. The highest BCUT2D eigenvalue weighted by atomic mass is 32.1. The normalized spacial score (nSPS) is 12.2. The molecule has 0 spiro atoms. The Morgan fingerprint density at radius 3 is 2.75 bits per heavy atom. The summed E-state index contributed by atoms with van der Waals surface area (Å²) >= 11 is 4.79. The van der Waals surface area contributed by atoms with Crippen LogP contribution in [0.2, 0.25) is 0 Å². The maximum Gasteiger partial charge on any atom is 0.146 e. The van der Waals surface area contributed by atoms with E-state index in [1.165, 1.54) is 6.07 Å². The molecule has 2 nitrogen and oxygen atoms in total. The van der Waals surface area contributed by atoms with Gasteiger partial charge in [-0.1, -0.05) is 25.6 Å². The first-order chi connectivity index (χ1) is 7.54. The molecule has 0 bridgehead atoms. The summed E-state index contributed by atoms with van der Waals surface area (Å²) in [6.07, 6.45) is 2.08. The molecule has 0 fully saturated rings. The third kappa shape index (κ3) is 3.45. The Hall–Kier alpha value is -1.16. The van der Waals surface area contributed by atoms with Crippen LogP contribution in [0.4, 0.5) is 10.1 Å². The Balaban J connectivity index is 2.79. The average Bonchev–Trinajstić information content (AvgIpc) is 2.21. The van der Waals surface area contributed by atoms with Gasteiger partial charge < -0.3 is 11.1 Å². The number of benzene rings is 1. The van der Waals surface area contributed by atoms with E-state index in [0.29, 0.717) is 11.3 Å². The van der Waals surface area contributed by atoms with Crippen LogP contribution in [0.25, 0.3) is 0 Å².